The van der Waals surface area contributed by atoms with Crippen molar-refractivity contribution in [2.75, 3.05) is 11.9 Å². The van der Waals surface area contributed by atoms with Gasteiger partial charge in [-0.05, 0) is 30.0 Å². The maximum absolute atomic E-state index is 11.5. The maximum atomic E-state index is 11.5. The summed E-state index contributed by atoms with van der Waals surface area (Å²) in [6, 6.07) is 7.38. The molecule has 2 rings (SSSR count). The number of pyridine rings is 1. The zero-order valence-corrected chi connectivity index (χ0v) is 10.0. The zero-order valence-electron chi connectivity index (χ0n) is 9.22. The molecule has 17 heavy (non-hydrogen) atoms. The van der Waals surface area contributed by atoms with E-state index in [1.807, 2.05) is 11.4 Å². The minimum absolute atomic E-state index is 0.187. The highest BCUT2D eigenvalue weighted by molar-refractivity contribution is 7.09. The topological polar surface area (TPSA) is 54.0 Å². The summed E-state index contributed by atoms with van der Waals surface area (Å²) in [6.45, 7) is 0.636. The van der Waals surface area contributed by atoms with E-state index < -0.39 is 0 Å². The standard InChI is InChI=1S/C12H13N3OS/c16-12(15-10-3-6-13-7-4-10)14-8-5-11-2-1-9-17-11/h1-4,6-7,9H,5,8H2,(H2,13,14,15,16). The highest BCUT2D eigenvalue weighted by atomic mass is 32.1. The molecule has 0 unspecified atom stereocenters. The first-order chi connectivity index (χ1) is 8.34. The van der Waals surface area contributed by atoms with Gasteiger partial charge in [0.1, 0.15) is 0 Å². The number of hydrogen-bond donors (Lipinski definition) is 2. The number of nitrogens with one attached hydrogen (secondary N) is 2. The van der Waals surface area contributed by atoms with Crippen molar-refractivity contribution in [2.45, 2.75) is 6.42 Å². The lowest BCUT2D eigenvalue weighted by Gasteiger charge is -2.06. The van der Waals surface area contributed by atoms with E-state index in [2.05, 4.69) is 21.7 Å². The summed E-state index contributed by atoms with van der Waals surface area (Å²) in [7, 11) is 0. The number of anilines is 1. The molecular formula is C12H13N3OS. The fourth-order valence-corrected chi connectivity index (χ4v) is 2.07. The van der Waals surface area contributed by atoms with Gasteiger partial charge in [-0.2, -0.15) is 0 Å². The molecule has 0 spiro atoms. The van der Waals surface area contributed by atoms with Crippen molar-refractivity contribution in [3.05, 3.63) is 46.9 Å². The Balaban J connectivity index is 1.71. The van der Waals surface area contributed by atoms with Crippen molar-refractivity contribution < 1.29 is 4.79 Å². The Bertz CT molecular complexity index is 456. The van der Waals surface area contributed by atoms with Crippen LogP contribution in [0.1, 0.15) is 4.88 Å². The third-order valence-corrected chi connectivity index (χ3v) is 3.11. The molecule has 0 bridgehead atoms. The van der Waals surface area contributed by atoms with Crippen molar-refractivity contribution >= 4 is 23.1 Å². The van der Waals surface area contributed by atoms with Crippen LogP contribution in [0.3, 0.4) is 0 Å². The Morgan fingerprint density at radius 1 is 1.29 bits per heavy atom. The molecule has 2 aromatic heterocycles. The van der Waals surface area contributed by atoms with Crippen LogP contribution in [-0.4, -0.2) is 17.6 Å². The normalized spacial score (nSPS) is 9.88. The minimum Gasteiger partial charge on any atom is -0.338 e. The van der Waals surface area contributed by atoms with Crippen LogP contribution in [0.25, 0.3) is 0 Å². The summed E-state index contributed by atoms with van der Waals surface area (Å²) >= 11 is 1.70. The molecule has 2 aromatic rings. The molecule has 4 nitrogen and oxygen atoms in total. The smallest absolute Gasteiger partial charge is 0.319 e. The first-order valence-corrected chi connectivity index (χ1v) is 6.20. The summed E-state index contributed by atoms with van der Waals surface area (Å²) in [4.78, 5) is 16.7. The van der Waals surface area contributed by atoms with Crippen molar-refractivity contribution in [2.24, 2.45) is 0 Å². The number of carbonyl (C=O) groups excluding carboxylic acids is 1. The van der Waals surface area contributed by atoms with E-state index in [0.717, 1.165) is 12.1 Å². The maximum Gasteiger partial charge on any atom is 0.319 e. The quantitative estimate of drug-likeness (QED) is 0.872. The first kappa shape index (κ1) is 11.6. The molecule has 0 radical (unpaired) electrons. The fraction of sp³-hybridized carbons (Fsp3) is 0.167. The van der Waals surface area contributed by atoms with Gasteiger partial charge in [0.25, 0.3) is 0 Å². The second-order valence-corrected chi connectivity index (χ2v) is 4.48. The van der Waals surface area contributed by atoms with Crippen LogP contribution in [0, 0.1) is 0 Å². The van der Waals surface area contributed by atoms with Crippen LogP contribution in [0.5, 0.6) is 0 Å². The van der Waals surface area contributed by atoms with Crippen LogP contribution in [-0.2, 0) is 6.42 Å². The molecular weight excluding hydrogens is 234 g/mol. The lowest BCUT2D eigenvalue weighted by Crippen LogP contribution is -2.30. The van der Waals surface area contributed by atoms with Gasteiger partial charge in [-0.15, -0.1) is 11.3 Å². The highest BCUT2D eigenvalue weighted by Crippen LogP contribution is 2.08. The van der Waals surface area contributed by atoms with Crippen molar-refractivity contribution in [3.63, 3.8) is 0 Å². The van der Waals surface area contributed by atoms with Crippen molar-refractivity contribution in [1.82, 2.24) is 10.3 Å². The lowest BCUT2D eigenvalue weighted by molar-refractivity contribution is 0.252. The Labute approximate surface area is 104 Å². The predicted octanol–water partition coefficient (Wildman–Crippen LogP) is 2.51. The number of urea groups is 1. The molecule has 0 aliphatic heterocycles. The van der Waals surface area contributed by atoms with E-state index >= 15 is 0 Å². The molecule has 0 aromatic carbocycles. The summed E-state index contributed by atoms with van der Waals surface area (Å²) in [5.74, 6) is 0. The average molecular weight is 247 g/mol. The lowest BCUT2D eigenvalue weighted by atomic mass is 10.3. The first-order valence-electron chi connectivity index (χ1n) is 5.32. The van der Waals surface area contributed by atoms with Gasteiger partial charge in [-0.3, -0.25) is 4.98 Å². The molecule has 0 atom stereocenters. The van der Waals surface area contributed by atoms with Gasteiger partial charge < -0.3 is 10.6 Å². The number of aromatic nitrogens is 1. The number of nitrogens with zero attached hydrogens (tertiary/aromatic N) is 1. The monoisotopic (exact) mass is 247 g/mol. The summed E-state index contributed by atoms with van der Waals surface area (Å²) in [6.07, 6.45) is 4.14. The Hall–Kier alpha value is -1.88. The molecule has 0 aliphatic carbocycles. The number of thiophene rings is 1. The van der Waals surface area contributed by atoms with Gasteiger partial charge in [0.2, 0.25) is 0 Å². The van der Waals surface area contributed by atoms with Crippen molar-refractivity contribution in [3.8, 4) is 0 Å². The molecule has 88 valence electrons. The van der Waals surface area contributed by atoms with Gasteiger partial charge in [-0.25, -0.2) is 4.79 Å². The molecule has 0 saturated carbocycles. The predicted molar refractivity (Wildman–Crippen MR) is 69.3 cm³/mol. The van der Waals surface area contributed by atoms with E-state index in [9.17, 15) is 4.79 Å². The van der Waals surface area contributed by atoms with Gasteiger partial charge >= 0.3 is 6.03 Å². The fourth-order valence-electron chi connectivity index (χ4n) is 1.36. The van der Waals surface area contributed by atoms with Gasteiger partial charge in [0, 0.05) is 29.5 Å². The van der Waals surface area contributed by atoms with Crippen LogP contribution in [0.2, 0.25) is 0 Å². The third-order valence-electron chi connectivity index (χ3n) is 2.18. The van der Waals surface area contributed by atoms with Gasteiger partial charge in [-0.1, -0.05) is 6.07 Å². The Morgan fingerprint density at radius 3 is 2.82 bits per heavy atom. The van der Waals surface area contributed by atoms with Gasteiger partial charge in [0.05, 0.1) is 0 Å². The SMILES string of the molecule is O=C(NCCc1cccs1)Nc1ccncc1. The van der Waals surface area contributed by atoms with Crippen LogP contribution < -0.4 is 10.6 Å². The number of rotatable bonds is 4. The molecule has 2 heterocycles. The summed E-state index contributed by atoms with van der Waals surface area (Å²) in [5.41, 5.74) is 0.744. The average Bonchev–Trinajstić information content (AvgIpc) is 2.83. The van der Waals surface area contributed by atoms with E-state index in [0.29, 0.717) is 6.54 Å². The summed E-state index contributed by atoms with van der Waals surface area (Å²) in [5, 5.41) is 7.58. The minimum atomic E-state index is -0.187. The second kappa shape index (κ2) is 6.00. The Morgan fingerprint density at radius 2 is 2.12 bits per heavy atom. The highest BCUT2D eigenvalue weighted by Gasteiger charge is 2.00. The van der Waals surface area contributed by atoms with Crippen LogP contribution >= 0.6 is 11.3 Å². The number of hydrogen-bond acceptors (Lipinski definition) is 3. The molecule has 2 amide bonds. The number of amides is 2. The molecule has 5 heteroatoms. The zero-order chi connectivity index (χ0) is 11.9. The van der Waals surface area contributed by atoms with E-state index in [1.165, 1.54) is 4.88 Å². The van der Waals surface area contributed by atoms with Crippen molar-refractivity contribution in [1.29, 1.82) is 0 Å². The number of carbonyl (C=O) groups is 1. The van der Waals surface area contributed by atoms with Crippen LogP contribution in [0.4, 0.5) is 10.5 Å². The van der Waals surface area contributed by atoms with Gasteiger partial charge in [0.15, 0.2) is 0 Å². The molecule has 0 saturated heterocycles. The van der Waals surface area contributed by atoms with E-state index in [-0.39, 0.29) is 6.03 Å². The third kappa shape index (κ3) is 3.88. The second-order valence-electron chi connectivity index (χ2n) is 3.45. The molecule has 0 fully saturated rings. The molecule has 2 N–H and O–H groups in total. The van der Waals surface area contributed by atoms with E-state index in [1.54, 1.807) is 35.9 Å². The van der Waals surface area contributed by atoms with Crippen LogP contribution in [0.15, 0.2) is 42.0 Å². The summed E-state index contributed by atoms with van der Waals surface area (Å²) < 4.78 is 0. The Kier molecular flexibility index (Phi) is 4.10. The largest absolute Gasteiger partial charge is 0.338 e. The molecule has 0 aliphatic rings. The van der Waals surface area contributed by atoms with E-state index in [4.69, 9.17) is 0 Å².